The van der Waals surface area contributed by atoms with Gasteiger partial charge >= 0.3 is 0 Å². The molecule has 2 aromatic carbocycles. The maximum absolute atomic E-state index is 12.8. The first kappa shape index (κ1) is 20.3. The summed E-state index contributed by atoms with van der Waals surface area (Å²) in [5.74, 6) is 0. The topological polar surface area (TPSA) is 62.3 Å². The zero-order valence-corrected chi connectivity index (χ0v) is 18.6. The summed E-state index contributed by atoms with van der Waals surface area (Å²) in [4.78, 5) is 6.79. The number of pyridine rings is 1. The molecule has 1 aliphatic heterocycles. The van der Waals surface area contributed by atoms with Crippen molar-refractivity contribution in [1.82, 2.24) is 14.6 Å². The molecular formula is C24H23N3O2S2. The van der Waals surface area contributed by atoms with Gasteiger partial charge in [0.25, 0.3) is 0 Å². The van der Waals surface area contributed by atoms with E-state index in [0.717, 1.165) is 29.7 Å². The normalized spacial score (nSPS) is 17.4. The number of sulfonamides is 1. The molecule has 5 rings (SSSR count). The minimum absolute atomic E-state index is 0.0902. The van der Waals surface area contributed by atoms with Gasteiger partial charge in [-0.1, -0.05) is 54.6 Å². The largest absolute Gasteiger partial charge is 0.297 e. The Hall–Kier alpha value is -2.58. The van der Waals surface area contributed by atoms with Crippen molar-refractivity contribution in [2.75, 3.05) is 13.1 Å². The summed E-state index contributed by atoms with van der Waals surface area (Å²) >= 11 is 1.50. The van der Waals surface area contributed by atoms with Gasteiger partial charge in [0.15, 0.2) is 0 Å². The first-order chi connectivity index (χ1) is 15.1. The molecule has 2 aromatic heterocycles. The molecule has 31 heavy (non-hydrogen) atoms. The van der Waals surface area contributed by atoms with Crippen LogP contribution in [0.1, 0.15) is 12.0 Å². The highest BCUT2D eigenvalue weighted by atomic mass is 32.2. The van der Waals surface area contributed by atoms with Gasteiger partial charge in [-0.3, -0.25) is 9.88 Å². The quantitative estimate of drug-likeness (QED) is 0.470. The minimum Gasteiger partial charge on any atom is -0.297 e. The van der Waals surface area contributed by atoms with E-state index < -0.39 is 10.0 Å². The molecule has 0 aliphatic carbocycles. The number of nitrogens with zero attached hydrogens (tertiary/aromatic N) is 2. The summed E-state index contributed by atoms with van der Waals surface area (Å²) in [5, 5.41) is 1.92. The van der Waals surface area contributed by atoms with Gasteiger partial charge in [-0.2, -0.15) is 0 Å². The van der Waals surface area contributed by atoms with Crippen molar-refractivity contribution in [2.24, 2.45) is 0 Å². The van der Waals surface area contributed by atoms with Gasteiger partial charge in [0.1, 0.15) is 4.90 Å². The number of likely N-dealkylation sites (tertiary alicyclic amines) is 1. The predicted molar refractivity (Wildman–Crippen MR) is 126 cm³/mol. The molecule has 1 aliphatic rings. The molecule has 4 aromatic rings. The third kappa shape index (κ3) is 4.55. The molecule has 1 saturated heterocycles. The number of rotatable bonds is 6. The Bertz CT molecular complexity index is 1290. The highest BCUT2D eigenvalue weighted by Gasteiger charge is 2.27. The van der Waals surface area contributed by atoms with Crippen molar-refractivity contribution < 1.29 is 8.42 Å². The lowest BCUT2D eigenvalue weighted by Crippen LogP contribution is -2.37. The molecule has 3 heterocycles. The van der Waals surface area contributed by atoms with Crippen LogP contribution in [-0.2, 0) is 16.6 Å². The highest BCUT2D eigenvalue weighted by molar-refractivity contribution is 7.89. The fourth-order valence-electron chi connectivity index (χ4n) is 4.03. The number of hydrogen-bond acceptors (Lipinski definition) is 5. The van der Waals surface area contributed by atoms with Crippen LogP contribution in [0.15, 0.2) is 83.2 Å². The SMILES string of the molecule is O=S(=O)(N[C@@H]1CCN(Cc2ccc(-c3ccccc3)cc2)C1)c1cnc2ccsc2c1. The third-order valence-electron chi connectivity index (χ3n) is 5.65. The molecule has 0 unspecified atom stereocenters. The van der Waals surface area contributed by atoms with Gasteiger partial charge in [-0.05, 0) is 40.6 Å². The fraction of sp³-hybridized carbons (Fsp3) is 0.208. The summed E-state index contributed by atoms with van der Waals surface area (Å²) in [7, 11) is -3.58. The Balaban J connectivity index is 1.21. The lowest BCUT2D eigenvalue weighted by Gasteiger charge is -2.17. The number of nitrogens with one attached hydrogen (secondary N) is 1. The molecule has 158 valence electrons. The van der Waals surface area contributed by atoms with Crippen LogP contribution in [0.5, 0.6) is 0 Å². The van der Waals surface area contributed by atoms with Crippen LogP contribution in [0, 0.1) is 0 Å². The van der Waals surface area contributed by atoms with E-state index in [2.05, 4.69) is 51.0 Å². The molecule has 0 spiro atoms. The molecule has 0 bridgehead atoms. The van der Waals surface area contributed by atoms with Crippen LogP contribution in [0.3, 0.4) is 0 Å². The standard InChI is InChI=1S/C24H23N3O2S2/c28-31(29,22-14-24-23(25-15-22)11-13-30-24)26-21-10-12-27(17-21)16-18-6-8-20(9-7-18)19-4-2-1-3-5-19/h1-9,11,13-15,21,26H,10,12,16-17H2/t21-/m1/s1. The van der Waals surface area contributed by atoms with E-state index in [9.17, 15) is 8.42 Å². The number of thiophene rings is 1. The second kappa shape index (κ2) is 8.51. The van der Waals surface area contributed by atoms with Gasteiger partial charge in [0, 0.05) is 31.9 Å². The molecular weight excluding hydrogens is 426 g/mol. The number of hydrogen-bond donors (Lipinski definition) is 1. The van der Waals surface area contributed by atoms with Gasteiger partial charge in [0.2, 0.25) is 10.0 Å². The maximum Gasteiger partial charge on any atom is 0.242 e. The Kier molecular flexibility index (Phi) is 5.58. The minimum atomic E-state index is -3.58. The summed E-state index contributed by atoms with van der Waals surface area (Å²) in [6, 6.07) is 22.4. The number of fused-ring (bicyclic) bond motifs is 1. The fourth-order valence-corrected chi connectivity index (χ4v) is 6.11. The van der Waals surface area contributed by atoms with Crippen molar-refractivity contribution in [3.63, 3.8) is 0 Å². The number of aromatic nitrogens is 1. The Morgan fingerprint density at radius 2 is 1.81 bits per heavy atom. The lowest BCUT2D eigenvalue weighted by molar-refractivity contribution is 0.324. The monoisotopic (exact) mass is 449 g/mol. The van der Waals surface area contributed by atoms with Gasteiger partial charge in [-0.15, -0.1) is 11.3 Å². The smallest absolute Gasteiger partial charge is 0.242 e. The summed E-state index contributed by atoms with van der Waals surface area (Å²) in [6.45, 7) is 2.39. The molecule has 0 saturated carbocycles. The van der Waals surface area contributed by atoms with E-state index in [1.165, 1.54) is 34.2 Å². The third-order valence-corrected chi connectivity index (χ3v) is 7.99. The van der Waals surface area contributed by atoms with Crippen molar-refractivity contribution in [3.8, 4) is 11.1 Å². The first-order valence-electron chi connectivity index (χ1n) is 10.3. The molecule has 1 atom stereocenters. The van der Waals surface area contributed by atoms with E-state index in [-0.39, 0.29) is 10.9 Å². The molecule has 7 heteroatoms. The summed E-state index contributed by atoms with van der Waals surface area (Å²) in [5.41, 5.74) is 4.47. The Labute approximate surface area is 186 Å². The second-order valence-electron chi connectivity index (χ2n) is 7.88. The molecule has 1 N–H and O–H groups in total. The van der Waals surface area contributed by atoms with Crippen LogP contribution < -0.4 is 4.72 Å². The van der Waals surface area contributed by atoms with E-state index >= 15 is 0 Å². The summed E-state index contributed by atoms with van der Waals surface area (Å²) in [6.07, 6.45) is 2.24. The van der Waals surface area contributed by atoms with Crippen molar-refractivity contribution in [1.29, 1.82) is 0 Å². The van der Waals surface area contributed by atoms with E-state index in [1.807, 2.05) is 29.6 Å². The first-order valence-corrected chi connectivity index (χ1v) is 12.7. The van der Waals surface area contributed by atoms with Crippen molar-refractivity contribution >= 4 is 31.6 Å². The molecule has 0 radical (unpaired) electrons. The van der Waals surface area contributed by atoms with Crippen molar-refractivity contribution in [2.45, 2.75) is 23.9 Å². The van der Waals surface area contributed by atoms with Crippen LogP contribution in [0.25, 0.3) is 21.3 Å². The average Bonchev–Trinajstić information content (AvgIpc) is 3.43. The van der Waals surface area contributed by atoms with E-state index in [4.69, 9.17) is 0 Å². The van der Waals surface area contributed by atoms with Gasteiger partial charge in [-0.25, -0.2) is 13.1 Å². The zero-order valence-electron chi connectivity index (χ0n) is 16.9. The lowest BCUT2D eigenvalue weighted by atomic mass is 10.0. The van der Waals surface area contributed by atoms with Crippen LogP contribution in [0.2, 0.25) is 0 Å². The number of benzene rings is 2. The predicted octanol–water partition coefficient (Wildman–Crippen LogP) is 4.52. The summed E-state index contributed by atoms with van der Waals surface area (Å²) < 4.78 is 29.4. The Morgan fingerprint density at radius 1 is 1.03 bits per heavy atom. The van der Waals surface area contributed by atoms with Crippen LogP contribution in [0.4, 0.5) is 0 Å². The molecule has 1 fully saturated rings. The Morgan fingerprint density at radius 3 is 2.61 bits per heavy atom. The van der Waals surface area contributed by atoms with Crippen LogP contribution >= 0.6 is 11.3 Å². The van der Waals surface area contributed by atoms with E-state index in [1.54, 1.807) is 6.07 Å². The van der Waals surface area contributed by atoms with Crippen LogP contribution in [-0.4, -0.2) is 37.4 Å². The van der Waals surface area contributed by atoms with E-state index in [0.29, 0.717) is 6.54 Å². The maximum atomic E-state index is 12.8. The highest BCUT2D eigenvalue weighted by Crippen LogP contribution is 2.23. The molecule has 5 nitrogen and oxygen atoms in total. The van der Waals surface area contributed by atoms with Crippen molar-refractivity contribution in [3.05, 3.63) is 83.9 Å². The second-order valence-corrected chi connectivity index (χ2v) is 10.5. The van der Waals surface area contributed by atoms with Gasteiger partial charge in [0.05, 0.1) is 10.2 Å². The average molecular weight is 450 g/mol. The zero-order chi connectivity index (χ0) is 21.3. The molecule has 0 amide bonds. The van der Waals surface area contributed by atoms with Gasteiger partial charge < -0.3 is 0 Å².